The maximum atomic E-state index is 14.8. The molecule has 2 heterocycles. The van der Waals surface area contributed by atoms with Gasteiger partial charge in [-0.1, -0.05) is 59.8 Å². The summed E-state index contributed by atoms with van der Waals surface area (Å²) in [7, 11) is 0. The number of nitrogens with zero attached hydrogens (tertiary/aromatic N) is 1. The van der Waals surface area contributed by atoms with E-state index >= 15 is 0 Å². The lowest BCUT2D eigenvalue weighted by Gasteiger charge is -2.43. The predicted molar refractivity (Wildman–Crippen MR) is 182 cm³/mol. The van der Waals surface area contributed by atoms with Gasteiger partial charge in [-0.15, -0.1) is 0 Å². The van der Waals surface area contributed by atoms with Crippen molar-refractivity contribution in [3.05, 3.63) is 0 Å². The topological polar surface area (TPSA) is 186 Å². The molecule has 0 aromatic rings. The Balaban J connectivity index is 1.64. The summed E-state index contributed by atoms with van der Waals surface area (Å²) in [5, 5.41) is 8.51. The van der Waals surface area contributed by atoms with E-state index in [9.17, 15) is 28.8 Å². The van der Waals surface area contributed by atoms with E-state index < -0.39 is 87.8 Å². The van der Waals surface area contributed by atoms with Crippen LogP contribution in [-0.2, 0) is 33.4 Å². The number of carbonyl (C=O) groups is 6. The van der Waals surface area contributed by atoms with Crippen molar-refractivity contribution < 1.29 is 38.2 Å². The molecule has 6 unspecified atom stereocenters. The molecule has 2 aliphatic heterocycles. The summed E-state index contributed by atoms with van der Waals surface area (Å²) in [6, 6.07) is -4.80. The van der Waals surface area contributed by atoms with Gasteiger partial charge < -0.3 is 36.1 Å². The van der Waals surface area contributed by atoms with Gasteiger partial charge in [0, 0.05) is 12.5 Å². The van der Waals surface area contributed by atoms with Crippen LogP contribution in [0.1, 0.15) is 120 Å². The number of nitrogens with two attached hydrogens (primary N) is 1. The maximum absolute atomic E-state index is 14.8. The Kier molecular flexibility index (Phi) is 11.2. The molecule has 276 valence electrons. The average Bonchev–Trinajstić information content (AvgIpc) is 3.64. The number of rotatable bonds is 11. The van der Waals surface area contributed by atoms with Crippen molar-refractivity contribution in [2.45, 2.75) is 162 Å². The van der Waals surface area contributed by atoms with E-state index in [1.807, 2.05) is 41.5 Å². The predicted octanol–water partition coefficient (Wildman–Crippen LogP) is 3.11. The van der Waals surface area contributed by atoms with Crippen molar-refractivity contribution in [1.82, 2.24) is 20.9 Å². The standard InChI is InChI=1S/C36H59N5O8/c1-33(2,3)27(31(46)49-34(4,5)6)40-32(47)39-26(36(9)15-11-10-12-16-36)30(45)41-19-23-21(18-35(7,8)48-23)24(41)29(44)38-22(17-20-13-14-20)25(42)28(37)43/h20-24,26-27H,10-19H2,1-9H3,(H2,37,43)(H,38,44)(H2,39,40,47). The number of esters is 1. The van der Waals surface area contributed by atoms with Crippen LogP contribution in [0.3, 0.4) is 0 Å². The first kappa shape index (κ1) is 38.6. The van der Waals surface area contributed by atoms with E-state index in [4.69, 9.17) is 15.2 Å². The molecule has 6 atom stereocenters. The number of carbonyl (C=O) groups excluding carboxylic acids is 6. The first-order chi connectivity index (χ1) is 22.5. The number of primary amides is 1. The Morgan fingerprint density at radius 2 is 1.53 bits per heavy atom. The highest BCUT2D eigenvalue weighted by Crippen LogP contribution is 2.45. The van der Waals surface area contributed by atoms with Gasteiger partial charge in [0.15, 0.2) is 0 Å². The summed E-state index contributed by atoms with van der Waals surface area (Å²) < 4.78 is 11.9. The van der Waals surface area contributed by atoms with E-state index in [1.54, 1.807) is 20.8 Å². The number of urea groups is 1. The lowest BCUT2D eigenvalue weighted by Crippen LogP contribution is -2.63. The van der Waals surface area contributed by atoms with E-state index in [2.05, 4.69) is 16.0 Å². The minimum atomic E-state index is -1.12. The van der Waals surface area contributed by atoms with Crippen molar-refractivity contribution in [1.29, 1.82) is 0 Å². The fourth-order valence-corrected chi connectivity index (χ4v) is 7.82. The number of ketones is 1. The van der Waals surface area contributed by atoms with Crippen LogP contribution < -0.4 is 21.7 Å². The number of Topliss-reactive ketones (excluding diaryl/α,β-unsaturated/α-hetero) is 1. The van der Waals surface area contributed by atoms with Crippen LogP contribution in [0.25, 0.3) is 0 Å². The third kappa shape index (κ3) is 9.52. The first-order valence-electron chi connectivity index (χ1n) is 17.9. The van der Waals surface area contributed by atoms with Gasteiger partial charge in [0.2, 0.25) is 17.6 Å². The molecule has 0 bridgehead atoms. The van der Waals surface area contributed by atoms with Gasteiger partial charge in [-0.3, -0.25) is 19.2 Å². The zero-order valence-corrected chi connectivity index (χ0v) is 30.9. The quantitative estimate of drug-likeness (QED) is 0.188. The van der Waals surface area contributed by atoms with Crippen LogP contribution in [0.2, 0.25) is 0 Å². The number of likely N-dealkylation sites (tertiary alicyclic amines) is 1. The fourth-order valence-electron chi connectivity index (χ4n) is 7.82. The van der Waals surface area contributed by atoms with Crippen molar-refractivity contribution >= 4 is 35.5 Å². The summed E-state index contributed by atoms with van der Waals surface area (Å²) in [6.45, 7) is 16.7. The molecule has 5 amide bonds. The second-order valence-electron chi connectivity index (χ2n) is 17.8. The zero-order valence-electron chi connectivity index (χ0n) is 30.9. The molecule has 13 heteroatoms. The molecule has 0 aromatic heterocycles. The molecule has 4 aliphatic rings. The normalized spacial score (nSPS) is 26.5. The monoisotopic (exact) mass is 689 g/mol. The molecule has 5 N–H and O–H groups in total. The van der Waals surface area contributed by atoms with Crippen LogP contribution in [0, 0.1) is 22.7 Å². The molecular weight excluding hydrogens is 630 g/mol. The minimum absolute atomic E-state index is 0.125. The number of hydrogen-bond donors (Lipinski definition) is 4. The lowest BCUT2D eigenvalue weighted by molar-refractivity contribution is -0.160. The van der Waals surface area contributed by atoms with Crippen molar-refractivity contribution in [3.63, 3.8) is 0 Å². The number of fused-ring (bicyclic) bond motifs is 1. The molecule has 0 spiro atoms. The van der Waals surface area contributed by atoms with Gasteiger partial charge >= 0.3 is 12.0 Å². The highest BCUT2D eigenvalue weighted by atomic mass is 16.6. The Morgan fingerprint density at radius 3 is 2.06 bits per heavy atom. The second-order valence-corrected chi connectivity index (χ2v) is 17.8. The molecule has 4 rings (SSSR count). The molecule has 13 nitrogen and oxygen atoms in total. The van der Waals surface area contributed by atoms with Crippen LogP contribution >= 0.6 is 0 Å². The fraction of sp³-hybridized carbons (Fsp3) is 0.833. The highest BCUT2D eigenvalue weighted by molar-refractivity contribution is 6.37. The molecule has 2 saturated carbocycles. The molecule has 0 radical (unpaired) electrons. The number of amides is 5. The molecular formula is C36H59N5O8. The maximum Gasteiger partial charge on any atom is 0.329 e. The summed E-state index contributed by atoms with van der Waals surface area (Å²) in [4.78, 5) is 82.2. The van der Waals surface area contributed by atoms with E-state index in [0.29, 0.717) is 25.7 Å². The highest BCUT2D eigenvalue weighted by Gasteiger charge is 2.57. The van der Waals surface area contributed by atoms with Gasteiger partial charge in [0.25, 0.3) is 5.91 Å². The van der Waals surface area contributed by atoms with Gasteiger partial charge in [-0.05, 0) is 77.0 Å². The van der Waals surface area contributed by atoms with Crippen molar-refractivity contribution in [2.75, 3.05) is 6.54 Å². The van der Waals surface area contributed by atoms with Gasteiger partial charge in [0.1, 0.15) is 23.7 Å². The van der Waals surface area contributed by atoms with E-state index in [1.165, 1.54) is 4.90 Å². The van der Waals surface area contributed by atoms with Crippen molar-refractivity contribution in [3.8, 4) is 0 Å². The van der Waals surface area contributed by atoms with Gasteiger partial charge in [0.05, 0.1) is 17.7 Å². The largest absolute Gasteiger partial charge is 0.458 e. The Labute approximate surface area is 290 Å². The van der Waals surface area contributed by atoms with Gasteiger partial charge in [-0.2, -0.15) is 0 Å². The molecule has 2 aliphatic carbocycles. The second kappa shape index (κ2) is 14.2. The first-order valence-corrected chi connectivity index (χ1v) is 17.9. The zero-order chi connectivity index (χ0) is 36.7. The Hall–Kier alpha value is -3.22. The Morgan fingerprint density at radius 1 is 0.918 bits per heavy atom. The number of nitrogens with one attached hydrogen (secondary N) is 3. The van der Waals surface area contributed by atoms with Crippen LogP contribution in [0.5, 0.6) is 0 Å². The molecule has 0 aromatic carbocycles. The summed E-state index contributed by atoms with van der Waals surface area (Å²) in [6.07, 6.45) is 6.27. The van der Waals surface area contributed by atoms with E-state index in [0.717, 1.165) is 32.1 Å². The van der Waals surface area contributed by atoms with Crippen LogP contribution in [0.15, 0.2) is 0 Å². The Bertz CT molecular complexity index is 1310. The molecule has 4 fully saturated rings. The summed E-state index contributed by atoms with van der Waals surface area (Å²) in [5.74, 6) is -3.69. The SMILES string of the molecule is CC(C)(C)OC(=O)C(NC(=O)NC(C(=O)N1CC2OC(C)(C)CC2C1C(=O)NC(CC1CC1)C(=O)C(N)=O)C1(C)CCCCC1)C(C)(C)C. The molecule has 2 saturated heterocycles. The number of hydrogen-bond acceptors (Lipinski definition) is 8. The summed E-state index contributed by atoms with van der Waals surface area (Å²) in [5.41, 5.74) is 2.71. The number of ether oxygens (including phenoxy) is 2. The smallest absolute Gasteiger partial charge is 0.329 e. The third-order valence-electron chi connectivity index (χ3n) is 10.5. The van der Waals surface area contributed by atoms with Gasteiger partial charge in [-0.25, -0.2) is 9.59 Å². The summed E-state index contributed by atoms with van der Waals surface area (Å²) >= 11 is 0. The van der Waals surface area contributed by atoms with Crippen molar-refractivity contribution in [2.24, 2.45) is 28.4 Å². The molecule has 49 heavy (non-hydrogen) atoms. The average molecular weight is 690 g/mol. The van der Waals surface area contributed by atoms with Crippen LogP contribution in [-0.4, -0.2) is 88.4 Å². The van der Waals surface area contributed by atoms with Crippen LogP contribution in [0.4, 0.5) is 4.79 Å². The third-order valence-corrected chi connectivity index (χ3v) is 10.5. The minimum Gasteiger partial charge on any atom is -0.458 e. The lowest BCUT2D eigenvalue weighted by atomic mass is 9.70. The van der Waals surface area contributed by atoms with E-state index in [-0.39, 0.29) is 18.4 Å².